The highest BCUT2D eigenvalue weighted by atomic mass is 16.5. The molecule has 104 valence electrons. The van der Waals surface area contributed by atoms with Crippen molar-refractivity contribution in [3.8, 4) is 6.07 Å². The van der Waals surface area contributed by atoms with Crippen LogP contribution in [0, 0.1) is 16.7 Å². The van der Waals surface area contributed by atoms with E-state index in [-0.39, 0.29) is 17.6 Å². The predicted molar refractivity (Wildman–Crippen MR) is 71.1 cm³/mol. The molecule has 0 atom stereocenters. The number of ether oxygens (including phenoxy) is 1. The largest absolute Gasteiger partial charge is 0.394 e. The fraction of sp³-hybridized carbons (Fsp3) is 0.929. The highest BCUT2D eigenvalue weighted by Gasteiger charge is 2.30. The van der Waals surface area contributed by atoms with Crippen molar-refractivity contribution in [3.63, 3.8) is 0 Å². The number of hydrogen-bond acceptors (Lipinski definition) is 4. The molecule has 1 fully saturated rings. The number of unbranched alkanes of at least 4 members (excludes halogenated alkanes) is 1. The maximum absolute atomic E-state index is 9.50. The normalized spacial score (nSPS) is 19.4. The lowest BCUT2D eigenvalue weighted by atomic mass is 9.88. The molecule has 2 N–H and O–H groups in total. The van der Waals surface area contributed by atoms with Gasteiger partial charge in [-0.15, -0.1) is 0 Å². The second-order valence-corrected chi connectivity index (χ2v) is 5.93. The number of nitrogens with zero attached hydrogens (tertiary/aromatic N) is 1. The molecule has 4 nitrogen and oxygen atoms in total. The van der Waals surface area contributed by atoms with Gasteiger partial charge in [0.15, 0.2) is 0 Å². The maximum atomic E-state index is 9.50. The molecule has 1 aliphatic rings. The van der Waals surface area contributed by atoms with Gasteiger partial charge in [0.2, 0.25) is 0 Å². The molecule has 0 saturated carbocycles. The van der Waals surface area contributed by atoms with Crippen LogP contribution in [0.4, 0.5) is 0 Å². The summed E-state index contributed by atoms with van der Waals surface area (Å²) in [4.78, 5) is 0. The molecule has 0 unspecified atom stereocenters. The Balaban J connectivity index is 2.18. The third kappa shape index (κ3) is 4.93. The summed E-state index contributed by atoms with van der Waals surface area (Å²) in [5, 5.41) is 21.9. The molecule has 1 heterocycles. The molecule has 0 spiro atoms. The molecule has 0 aromatic carbocycles. The van der Waals surface area contributed by atoms with E-state index < -0.39 is 0 Å². The number of rotatable bonds is 7. The molecule has 0 bridgehead atoms. The van der Waals surface area contributed by atoms with E-state index in [0.717, 1.165) is 51.9 Å². The van der Waals surface area contributed by atoms with Crippen LogP contribution in [0.2, 0.25) is 0 Å². The molecule has 1 aliphatic heterocycles. The van der Waals surface area contributed by atoms with Gasteiger partial charge in [-0.3, -0.25) is 0 Å². The summed E-state index contributed by atoms with van der Waals surface area (Å²) in [6.45, 7) is 6.51. The maximum Gasteiger partial charge on any atom is 0.0683 e. The topological polar surface area (TPSA) is 65.3 Å². The van der Waals surface area contributed by atoms with Crippen molar-refractivity contribution in [2.75, 3.05) is 26.4 Å². The predicted octanol–water partition coefficient (Wildman–Crippen LogP) is 1.84. The number of aliphatic hydroxyl groups is 1. The Hall–Kier alpha value is -0.630. The Bertz CT molecular complexity index is 278. The van der Waals surface area contributed by atoms with Gasteiger partial charge >= 0.3 is 0 Å². The fourth-order valence-electron chi connectivity index (χ4n) is 2.25. The number of aliphatic hydroxyl groups excluding tert-OH is 1. The minimum absolute atomic E-state index is 0.136. The van der Waals surface area contributed by atoms with Crippen molar-refractivity contribution in [2.45, 2.75) is 51.5 Å². The zero-order valence-electron chi connectivity index (χ0n) is 11.7. The summed E-state index contributed by atoms with van der Waals surface area (Å²) in [5.41, 5.74) is -0.351. The Morgan fingerprint density at radius 2 is 2.00 bits per heavy atom. The zero-order valence-corrected chi connectivity index (χ0v) is 11.7. The lowest BCUT2D eigenvalue weighted by Crippen LogP contribution is -2.52. The summed E-state index contributed by atoms with van der Waals surface area (Å²) >= 11 is 0. The number of nitrogens with one attached hydrogen (secondary N) is 1. The highest BCUT2D eigenvalue weighted by molar-refractivity contribution is 4.92. The molecule has 0 aromatic rings. The van der Waals surface area contributed by atoms with Gasteiger partial charge in [-0.05, 0) is 46.1 Å². The van der Waals surface area contributed by atoms with E-state index in [2.05, 4.69) is 11.4 Å². The minimum atomic E-state index is -0.215. The van der Waals surface area contributed by atoms with E-state index in [4.69, 9.17) is 10.00 Å². The van der Waals surface area contributed by atoms with E-state index in [1.54, 1.807) is 0 Å². The second-order valence-electron chi connectivity index (χ2n) is 5.93. The van der Waals surface area contributed by atoms with Gasteiger partial charge in [-0.2, -0.15) is 5.26 Å². The number of nitriles is 1. The average Bonchev–Trinajstić information content (AvgIpc) is 2.39. The van der Waals surface area contributed by atoms with Gasteiger partial charge in [0, 0.05) is 18.8 Å². The summed E-state index contributed by atoms with van der Waals surface area (Å²) < 4.78 is 5.33. The minimum Gasteiger partial charge on any atom is -0.394 e. The molecule has 0 aliphatic carbocycles. The SMILES string of the molecule is CC(C)(C#N)CCCCNC1(CO)CCOCC1. The number of hydrogen-bond donors (Lipinski definition) is 2. The fourth-order valence-corrected chi connectivity index (χ4v) is 2.25. The van der Waals surface area contributed by atoms with Gasteiger partial charge < -0.3 is 15.2 Å². The van der Waals surface area contributed by atoms with Gasteiger partial charge in [0.25, 0.3) is 0 Å². The third-order valence-electron chi connectivity index (χ3n) is 3.78. The first-order valence-corrected chi connectivity index (χ1v) is 6.88. The van der Waals surface area contributed by atoms with Crippen molar-refractivity contribution >= 4 is 0 Å². The van der Waals surface area contributed by atoms with Crippen LogP contribution in [0.25, 0.3) is 0 Å². The van der Waals surface area contributed by atoms with E-state index in [9.17, 15) is 5.11 Å². The molecule has 4 heteroatoms. The molecule has 0 radical (unpaired) electrons. The van der Waals surface area contributed by atoms with Crippen LogP contribution in [-0.4, -0.2) is 37.0 Å². The van der Waals surface area contributed by atoms with Crippen LogP contribution < -0.4 is 5.32 Å². The molecular weight excluding hydrogens is 228 g/mol. The summed E-state index contributed by atoms with van der Waals surface area (Å²) in [5.74, 6) is 0. The van der Waals surface area contributed by atoms with Crippen LogP contribution in [-0.2, 0) is 4.74 Å². The Labute approximate surface area is 110 Å². The van der Waals surface area contributed by atoms with Gasteiger partial charge in [0.05, 0.1) is 18.1 Å². The van der Waals surface area contributed by atoms with Crippen molar-refractivity contribution in [1.29, 1.82) is 5.26 Å². The summed E-state index contributed by atoms with van der Waals surface area (Å²) in [6.07, 6.45) is 4.79. The highest BCUT2D eigenvalue weighted by Crippen LogP contribution is 2.22. The Morgan fingerprint density at radius 3 is 2.56 bits per heavy atom. The standard InChI is InChI=1S/C14H26N2O2/c1-13(2,11-15)5-3-4-8-16-14(12-17)6-9-18-10-7-14/h16-17H,3-10,12H2,1-2H3. The van der Waals surface area contributed by atoms with Gasteiger partial charge in [-0.25, -0.2) is 0 Å². The van der Waals surface area contributed by atoms with Gasteiger partial charge in [0.1, 0.15) is 0 Å². The van der Waals surface area contributed by atoms with Crippen molar-refractivity contribution in [3.05, 3.63) is 0 Å². The first-order valence-electron chi connectivity index (χ1n) is 6.88. The van der Waals surface area contributed by atoms with Crippen LogP contribution in [0.1, 0.15) is 46.0 Å². The average molecular weight is 254 g/mol. The van der Waals surface area contributed by atoms with Crippen LogP contribution in [0.3, 0.4) is 0 Å². The summed E-state index contributed by atoms with van der Waals surface area (Å²) in [7, 11) is 0. The van der Waals surface area contributed by atoms with E-state index in [0.29, 0.717) is 0 Å². The Kier molecular flexibility index (Phi) is 6.07. The van der Waals surface area contributed by atoms with E-state index in [1.807, 2.05) is 13.8 Å². The molecule has 1 saturated heterocycles. The second kappa shape index (κ2) is 7.08. The van der Waals surface area contributed by atoms with Crippen LogP contribution >= 0.6 is 0 Å². The van der Waals surface area contributed by atoms with Crippen molar-refractivity contribution < 1.29 is 9.84 Å². The first kappa shape index (κ1) is 15.4. The molecule has 18 heavy (non-hydrogen) atoms. The Morgan fingerprint density at radius 1 is 1.33 bits per heavy atom. The lowest BCUT2D eigenvalue weighted by molar-refractivity contribution is 0.0120. The molecule has 0 amide bonds. The zero-order chi connectivity index (χ0) is 13.5. The molecular formula is C14H26N2O2. The van der Waals surface area contributed by atoms with Crippen LogP contribution in [0.5, 0.6) is 0 Å². The molecule has 0 aromatic heterocycles. The quantitative estimate of drug-likeness (QED) is 0.680. The van der Waals surface area contributed by atoms with E-state index >= 15 is 0 Å². The summed E-state index contributed by atoms with van der Waals surface area (Å²) in [6, 6.07) is 2.32. The van der Waals surface area contributed by atoms with Crippen LogP contribution in [0.15, 0.2) is 0 Å². The lowest BCUT2D eigenvalue weighted by Gasteiger charge is -2.36. The smallest absolute Gasteiger partial charge is 0.0683 e. The van der Waals surface area contributed by atoms with Gasteiger partial charge in [-0.1, -0.05) is 6.42 Å². The molecule has 1 rings (SSSR count). The van der Waals surface area contributed by atoms with E-state index in [1.165, 1.54) is 0 Å². The third-order valence-corrected chi connectivity index (χ3v) is 3.78. The van der Waals surface area contributed by atoms with Crippen molar-refractivity contribution in [2.24, 2.45) is 5.41 Å². The monoisotopic (exact) mass is 254 g/mol. The van der Waals surface area contributed by atoms with Crippen molar-refractivity contribution in [1.82, 2.24) is 5.32 Å². The first-order chi connectivity index (χ1) is 8.54.